The molecule has 0 amide bonds. The Labute approximate surface area is 243 Å². The minimum absolute atomic E-state index is 0.338. The first-order valence-corrected chi connectivity index (χ1v) is 14.2. The molecule has 0 saturated carbocycles. The van der Waals surface area contributed by atoms with Crippen LogP contribution >= 0.6 is 0 Å². The maximum absolute atomic E-state index is 15.7. The molecule has 0 aromatic heterocycles. The molecule has 210 valence electrons. The fraction of sp³-hybridized carbons (Fsp3) is 0.189. The van der Waals surface area contributed by atoms with E-state index in [1.807, 2.05) is 54.6 Å². The highest BCUT2D eigenvalue weighted by Gasteiger charge is 2.48. The maximum Gasteiger partial charge on any atom is 0.178 e. The highest BCUT2D eigenvalue weighted by Crippen LogP contribution is 2.60. The number of hydrogen-bond acceptors (Lipinski definition) is 2. The van der Waals surface area contributed by atoms with Crippen molar-refractivity contribution in [1.82, 2.24) is 0 Å². The van der Waals surface area contributed by atoms with Gasteiger partial charge in [-0.05, 0) is 71.3 Å². The molecule has 1 unspecified atom stereocenters. The summed E-state index contributed by atoms with van der Waals surface area (Å²) >= 11 is 0. The summed E-state index contributed by atoms with van der Waals surface area (Å²) in [5.41, 5.74) is 3.67. The third kappa shape index (κ3) is 3.52. The van der Waals surface area contributed by atoms with Crippen LogP contribution in [0.2, 0.25) is 0 Å². The molecular weight excluding hydrogens is 533 g/mol. The van der Waals surface area contributed by atoms with Gasteiger partial charge < -0.3 is 9.47 Å². The molecule has 5 aromatic rings. The van der Waals surface area contributed by atoms with Gasteiger partial charge in [-0.3, -0.25) is 0 Å². The third-order valence-corrected chi connectivity index (χ3v) is 9.23. The lowest BCUT2D eigenvalue weighted by Gasteiger charge is -2.39. The van der Waals surface area contributed by atoms with Crippen molar-refractivity contribution in [3.8, 4) is 22.6 Å². The molecule has 1 aliphatic carbocycles. The van der Waals surface area contributed by atoms with E-state index in [1.54, 1.807) is 19.2 Å². The molecule has 5 heteroatoms. The Kier molecular flexibility index (Phi) is 5.98. The second-order valence-electron chi connectivity index (χ2n) is 11.0. The molecule has 1 heterocycles. The molecule has 1 aliphatic heterocycles. The predicted octanol–water partition coefficient (Wildman–Crippen LogP) is 9.70. The summed E-state index contributed by atoms with van der Waals surface area (Å²) in [5.74, 6) is -0.0909. The first-order valence-electron chi connectivity index (χ1n) is 14.2. The van der Waals surface area contributed by atoms with Crippen LogP contribution in [0.15, 0.2) is 91.0 Å². The van der Waals surface area contributed by atoms with Crippen molar-refractivity contribution in [3.05, 3.63) is 136 Å². The Hall–Kier alpha value is -4.51. The third-order valence-electron chi connectivity index (χ3n) is 9.23. The number of benzene rings is 5. The van der Waals surface area contributed by atoms with E-state index in [1.165, 1.54) is 18.2 Å². The standard InChI is InChI=1S/C37H29F3O2/c1-4-36(5-2)33-30(20-25(39)21-31(33)40)32-27-8-6-7-9-28(27)35-29(34(32)36)18-19-37(42-35,22-10-14-24(38)15-11-22)23-12-16-26(41-3)17-13-23/h6-21H,4-5H2,1-3H3. The second-order valence-corrected chi connectivity index (χ2v) is 11.0. The summed E-state index contributed by atoms with van der Waals surface area (Å²) in [6.45, 7) is 4.11. The molecule has 7 rings (SSSR count). The fourth-order valence-corrected chi connectivity index (χ4v) is 7.22. The molecule has 2 aliphatic rings. The number of hydrogen-bond donors (Lipinski definition) is 0. The molecule has 0 fully saturated rings. The lowest BCUT2D eigenvalue weighted by atomic mass is 9.71. The molecule has 0 saturated heterocycles. The monoisotopic (exact) mass is 562 g/mol. The van der Waals surface area contributed by atoms with Crippen LogP contribution in [0.1, 0.15) is 54.5 Å². The smallest absolute Gasteiger partial charge is 0.178 e. The zero-order valence-electron chi connectivity index (χ0n) is 23.6. The van der Waals surface area contributed by atoms with Crippen LogP contribution in [-0.4, -0.2) is 7.11 Å². The van der Waals surface area contributed by atoms with E-state index in [0.29, 0.717) is 35.5 Å². The molecule has 2 nitrogen and oxygen atoms in total. The van der Waals surface area contributed by atoms with Crippen molar-refractivity contribution in [1.29, 1.82) is 0 Å². The van der Waals surface area contributed by atoms with Gasteiger partial charge in [0, 0.05) is 39.1 Å². The highest BCUT2D eigenvalue weighted by molar-refractivity contribution is 6.08. The minimum atomic E-state index is -1.08. The van der Waals surface area contributed by atoms with Gasteiger partial charge in [0.1, 0.15) is 29.0 Å². The van der Waals surface area contributed by atoms with Gasteiger partial charge in [0.25, 0.3) is 0 Å². The highest BCUT2D eigenvalue weighted by atomic mass is 19.1. The van der Waals surface area contributed by atoms with Gasteiger partial charge in [-0.2, -0.15) is 0 Å². The number of methoxy groups -OCH3 is 1. The van der Waals surface area contributed by atoms with E-state index in [9.17, 15) is 8.78 Å². The quantitative estimate of drug-likeness (QED) is 0.212. The topological polar surface area (TPSA) is 18.5 Å². The van der Waals surface area contributed by atoms with Crippen molar-refractivity contribution >= 4 is 16.8 Å². The number of ether oxygens (including phenoxy) is 2. The van der Waals surface area contributed by atoms with Crippen molar-refractivity contribution in [2.45, 2.75) is 37.7 Å². The molecule has 0 spiro atoms. The molecule has 0 bridgehead atoms. The van der Waals surface area contributed by atoms with Crippen LogP contribution in [0.4, 0.5) is 13.2 Å². The van der Waals surface area contributed by atoms with Crippen LogP contribution in [0, 0.1) is 17.5 Å². The SMILES string of the molecule is CCC1(CC)c2c(F)cc(F)cc2-c2c1c1c(c3ccccc23)OC(c2ccc(F)cc2)(c2ccc(OC)cc2)C=C1. The van der Waals surface area contributed by atoms with Crippen molar-refractivity contribution in [3.63, 3.8) is 0 Å². The molecule has 0 radical (unpaired) electrons. The summed E-state index contributed by atoms with van der Waals surface area (Å²) in [6, 6.07) is 24.3. The Morgan fingerprint density at radius 2 is 1.38 bits per heavy atom. The van der Waals surface area contributed by atoms with E-state index >= 15 is 4.39 Å². The molecular formula is C37H29F3O2. The maximum atomic E-state index is 15.7. The summed E-state index contributed by atoms with van der Waals surface area (Å²) < 4.78 is 57.2. The molecule has 0 N–H and O–H groups in total. The van der Waals surface area contributed by atoms with Gasteiger partial charge in [0.2, 0.25) is 0 Å². The zero-order valence-corrected chi connectivity index (χ0v) is 23.6. The molecule has 1 atom stereocenters. The Bertz CT molecular complexity index is 1890. The van der Waals surface area contributed by atoms with E-state index in [0.717, 1.165) is 44.7 Å². The summed E-state index contributed by atoms with van der Waals surface area (Å²) in [5, 5.41) is 1.72. The number of rotatable bonds is 5. The van der Waals surface area contributed by atoms with Crippen LogP contribution < -0.4 is 9.47 Å². The summed E-state index contributed by atoms with van der Waals surface area (Å²) in [6.07, 6.45) is 5.31. The lowest BCUT2D eigenvalue weighted by Crippen LogP contribution is -2.35. The fourth-order valence-electron chi connectivity index (χ4n) is 7.22. The van der Waals surface area contributed by atoms with Gasteiger partial charge in [-0.15, -0.1) is 0 Å². The largest absolute Gasteiger partial charge is 0.497 e. The lowest BCUT2D eigenvalue weighted by molar-refractivity contribution is 0.163. The van der Waals surface area contributed by atoms with Crippen molar-refractivity contribution in [2.75, 3.05) is 7.11 Å². The first-order chi connectivity index (χ1) is 20.4. The van der Waals surface area contributed by atoms with Crippen molar-refractivity contribution in [2.24, 2.45) is 0 Å². The van der Waals surface area contributed by atoms with Crippen LogP contribution in [0.5, 0.6) is 11.5 Å². The molecule has 5 aromatic carbocycles. The normalized spacial score (nSPS) is 17.9. The van der Waals surface area contributed by atoms with E-state index < -0.39 is 22.7 Å². The van der Waals surface area contributed by atoms with Gasteiger partial charge in [0.15, 0.2) is 5.60 Å². The van der Waals surface area contributed by atoms with Gasteiger partial charge >= 0.3 is 0 Å². The van der Waals surface area contributed by atoms with E-state index in [4.69, 9.17) is 9.47 Å². The van der Waals surface area contributed by atoms with Crippen LogP contribution in [0.3, 0.4) is 0 Å². The van der Waals surface area contributed by atoms with Gasteiger partial charge in [0.05, 0.1) is 7.11 Å². The summed E-state index contributed by atoms with van der Waals surface area (Å²) in [7, 11) is 1.62. The average Bonchev–Trinajstić information content (AvgIpc) is 3.32. The second kappa shape index (κ2) is 9.52. The average molecular weight is 563 g/mol. The van der Waals surface area contributed by atoms with Crippen LogP contribution in [-0.2, 0) is 11.0 Å². The molecule has 42 heavy (non-hydrogen) atoms. The summed E-state index contributed by atoms with van der Waals surface area (Å²) in [4.78, 5) is 0. The van der Waals surface area contributed by atoms with E-state index in [-0.39, 0.29) is 5.82 Å². The zero-order chi connectivity index (χ0) is 29.2. The predicted molar refractivity (Wildman–Crippen MR) is 160 cm³/mol. The van der Waals surface area contributed by atoms with Gasteiger partial charge in [-0.25, -0.2) is 13.2 Å². The number of fused-ring (bicyclic) bond motifs is 8. The van der Waals surface area contributed by atoms with Gasteiger partial charge in [-0.1, -0.05) is 68.5 Å². The Morgan fingerprint density at radius 1 is 0.738 bits per heavy atom. The first kappa shape index (κ1) is 26.4. The van der Waals surface area contributed by atoms with Crippen molar-refractivity contribution < 1.29 is 22.6 Å². The van der Waals surface area contributed by atoms with Crippen LogP contribution in [0.25, 0.3) is 28.0 Å². The minimum Gasteiger partial charge on any atom is -0.497 e. The number of halogens is 3. The Morgan fingerprint density at radius 3 is 2.02 bits per heavy atom. The van der Waals surface area contributed by atoms with E-state index in [2.05, 4.69) is 19.9 Å². The Balaban J connectivity index is 1.57.